The van der Waals surface area contributed by atoms with E-state index in [1.54, 1.807) is 23.5 Å². The summed E-state index contributed by atoms with van der Waals surface area (Å²) in [4.78, 5) is 16.7. The lowest BCUT2D eigenvalue weighted by Gasteiger charge is -2.14. The van der Waals surface area contributed by atoms with Crippen molar-refractivity contribution in [2.24, 2.45) is 0 Å². The molecule has 1 saturated carbocycles. The lowest BCUT2D eigenvalue weighted by atomic mass is 10.1. The fourth-order valence-corrected chi connectivity index (χ4v) is 3.39. The maximum Gasteiger partial charge on any atom is 0.251 e. The molecule has 5 nitrogen and oxygen atoms in total. The van der Waals surface area contributed by atoms with E-state index in [4.69, 9.17) is 5.11 Å². The van der Waals surface area contributed by atoms with Gasteiger partial charge in [0, 0.05) is 22.5 Å². The van der Waals surface area contributed by atoms with Crippen molar-refractivity contribution in [2.75, 3.05) is 11.9 Å². The molecule has 3 rings (SSSR count). The molecule has 1 aromatic carbocycles. The minimum atomic E-state index is -0.194. The largest absolute Gasteiger partial charge is 0.394 e. The Balaban J connectivity index is 1.52. The van der Waals surface area contributed by atoms with Crippen molar-refractivity contribution in [3.8, 4) is 0 Å². The first-order chi connectivity index (χ1) is 11.7. The second-order valence-electron chi connectivity index (χ2n) is 6.14. The van der Waals surface area contributed by atoms with Crippen molar-refractivity contribution < 1.29 is 9.90 Å². The third-order valence-corrected chi connectivity index (χ3v) is 5.22. The summed E-state index contributed by atoms with van der Waals surface area (Å²) in [5.41, 5.74) is 2.62. The van der Waals surface area contributed by atoms with Crippen LogP contribution in [0.5, 0.6) is 0 Å². The normalized spacial score (nSPS) is 15.1. The van der Waals surface area contributed by atoms with Crippen LogP contribution in [0.3, 0.4) is 0 Å². The number of aliphatic hydroxyl groups excluding tert-OH is 1. The summed E-state index contributed by atoms with van der Waals surface area (Å²) in [7, 11) is 0. The van der Waals surface area contributed by atoms with Crippen LogP contribution >= 0.6 is 11.3 Å². The van der Waals surface area contributed by atoms with Gasteiger partial charge in [0.2, 0.25) is 0 Å². The number of amides is 1. The number of hydrogen-bond acceptors (Lipinski definition) is 5. The van der Waals surface area contributed by atoms with Gasteiger partial charge < -0.3 is 15.7 Å². The monoisotopic (exact) mass is 345 g/mol. The summed E-state index contributed by atoms with van der Waals surface area (Å²) in [5, 5.41) is 18.7. The Morgan fingerprint density at radius 1 is 1.38 bits per heavy atom. The fourth-order valence-electron chi connectivity index (χ4n) is 2.40. The van der Waals surface area contributed by atoms with Crippen LogP contribution in [0.15, 0.2) is 29.6 Å². The summed E-state index contributed by atoms with van der Waals surface area (Å²) in [6, 6.07) is 7.17. The molecule has 1 aromatic heterocycles. The second-order valence-corrected chi connectivity index (χ2v) is 7.03. The van der Waals surface area contributed by atoms with Gasteiger partial charge in [-0.25, -0.2) is 4.98 Å². The minimum Gasteiger partial charge on any atom is -0.394 e. The number of anilines is 1. The first-order valence-corrected chi connectivity index (χ1v) is 9.27. The molecule has 1 atom stereocenters. The lowest BCUT2D eigenvalue weighted by Crippen LogP contribution is -2.36. The topological polar surface area (TPSA) is 74.2 Å². The average molecular weight is 345 g/mol. The fraction of sp³-hybridized carbons (Fsp3) is 0.444. The van der Waals surface area contributed by atoms with E-state index in [1.807, 2.05) is 19.1 Å². The summed E-state index contributed by atoms with van der Waals surface area (Å²) in [6.07, 6.45) is 3.26. The predicted molar refractivity (Wildman–Crippen MR) is 96.5 cm³/mol. The Hall–Kier alpha value is -1.92. The number of benzene rings is 1. The van der Waals surface area contributed by atoms with Crippen LogP contribution in [-0.4, -0.2) is 28.6 Å². The molecule has 0 aliphatic heterocycles. The quantitative estimate of drug-likeness (QED) is 0.687. The molecule has 0 spiro atoms. The van der Waals surface area contributed by atoms with Gasteiger partial charge in [-0.2, -0.15) is 0 Å². The molecule has 0 radical (unpaired) electrons. The molecule has 1 fully saturated rings. The molecule has 3 N–H and O–H groups in total. The van der Waals surface area contributed by atoms with Crippen LogP contribution < -0.4 is 10.6 Å². The van der Waals surface area contributed by atoms with Gasteiger partial charge in [0.25, 0.3) is 5.91 Å². The third-order valence-electron chi connectivity index (χ3n) is 4.17. The van der Waals surface area contributed by atoms with E-state index in [2.05, 4.69) is 21.0 Å². The molecule has 0 bridgehead atoms. The summed E-state index contributed by atoms with van der Waals surface area (Å²) in [5.74, 6) is 0.545. The first kappa shape index (κ1) is 16.9. The van der Waals surface area contributed by atoms with E-state index in [0.29, 0.717) is 24.4 Å². The van der Waals surface area contributed by atoms with E-state index in [0.717, 1.165) is 11.4 Å². The number of carbonyl (C=O) groups is 1. The van der Waals surface area contributed by atoms with Crippen LogP contribution in [0.1, 0.15) is 53.2 Å². The van der Waals surface area contributed by atoms with Gasteiger partial charge in [-0.05, 0) is 43.5 Å². The highest BCUT2D eigenvalue weighted by molar-refractivity contribution is 7.09. The molecule has 128 valence electrons. The van der Waals surface area contributed by atoms with Gasteiger partial charge in [-0.1, -0.05) is 6.92 Å². The van der Waals surface area contributed by atoms with Crippen molar-refractivity contribution in [3.05, 3.63) is 45.9 Å². The summed E-state index contributed by atoms with van der Waals surface area (Å²) < 4.78 is 0. The van der Waals surface area contributed by atoms with Crippen molar-refractivity contribution in [1.29, 1.82) is 0 Å². The number of nitrogens with one attached hydrogen (secondary N) is 2. The molecule has 1 unspecified atom stereocenters. The van der Waals surface area contributed by atoms with Crippen molar-refractivity contribution in [3.63, 3.8) is 0 Å². The van der Waals surface area contributed by atoms with Gasteiger partial charge >= 0.3 is 0 Å². The van der Waals surface area contributed by atoms with Crippen molar-refractivity contribution in [2.45, 2.75) is 44.7 Å². The number of rotatable bonds is 8. The van der Waals surface area contributed by atoms with Gasteiger partial charge in [-0.3, -0.25) is 4.79 Å². The number of carbonyl (C=O) groups excluding carboxylic acids is 1. The van der Waals surface area contributed by atoms with E-state index in [1.165, 1.54) is 17.8 Å². The Morgan fingerprint density at radius 3 is 2.75 bits per heavy atom. The molecule has 6 heteroatoms. The van der Waals surface area contributed by atoms with Crippen molar-refractivity contribution in [1.82, 2.24) is 10.3 Å². The van der Waals surface area contributed by atoms with E-state index in [-0.39, 0.29) is 18.6 Å². The summed E-state index contributed by atoms with van der Waals surface area (Å²) >= 11 is 1.75. The number of thiazole rings is 1. The van der Waals surface area contributed by atoms with Gasteiger partial charge in [0.1, 0.15) is 0 Å². The molecular formula is C18H23N3O2S. The highest BCUT2D eigenvalue weighted by Crippen LogP contribution is 2.41. The number of nitrogens with zero attached hydrogens (tertiary/aromatic N) is 1. The maximum absolute atomic E-state index is 12.1. The second kappa shape index (κ2) is 7.77. The number of aromatic nitrogens is 1. The Labute approximate surface area is 146 Å². The number of aliphatic hydroxyl groups is 1. The van der Waals surface area contributed by atoms with Crippen molar-refractivity contribution >= 4 is 22.9 Å². The van der Waals surface area contributed by atoms with Gasteiger partial charge in [0.05, 0.1) is 29.9 Å². The molecule has 0 saturated heterocycles. The average Bonchev–Trinajstić information content (AvgIpc) is 3.36. The van der Waals surface area contributed by atoms with Gasteiger partial charge in [0.15, 0.2) is 0 Å². The predicted octanol–water partition coefficient (Wildman–Crippen LogP) is 3.13. The zero-order valence-corrected chi connectivity index (χ0v) is 14.6. The Morgan fingerprint density at radius 2 is 2.12 bits per heavy atom. The molecule has 1 heterocycles. The molecular weight excluding hydrogens is 322 g/mol. The highest BCUT2D eigenvalue weighted by Gasteiger charge is 2.26. The van der Waals surface area contributed by atoms with Crippen LogP contribution in [0.4, 0.5) is 5.69 Å². The molecule has 1 amide bonds. The standard InChI is InChI=1S/C18H23N3O2S/c1-2-14(10-22)20-17(23)12-5-7-15(8-6-12)19-9-16-11-24-18(21-16)13-3-4-13/h5-8,11,13-14,19,22H,2-4,9-10H2,1H3,(H,20,23). The molecule has 1 aliphatic carbocycles. The van der Waals surface area contributed by atoms with Gasteiger partial charge in [-0.15, -0.1) is 11.3 Å². The Bertz CT molecular complexity index is 676. The van der Waals surface area contributed by atoms with Crippen LogP contribution in [-0.2, 0) is 6.54 Å². The first-order valence-electron chi connectivity index (χ1n) is 8.39. The lowest BCUT2D eigenvalue weighted by molar-refractivity contribution is 0.0915. The minimum absolute atomic E-state index is 0.0433. The number of hydrogen-bond donors (Lipinski definition) is 3. The van der Waals surface area contributed by atoms with Crippen LogP contribution in [0, 0.1) is 0 Å². The molecule has 1 aliphatic rings. The highest BCUT2D eigenvalue weighted by atomic mass is 32.1. The third kappa shape index (κ3) is 4.33. The zero-order chi connectivity index (χ0) is 16.9. The molecule has 24 heavy (non-hydrogen) atoms. The Kier molecular flexibility index (Phi) is 5.48. The van der Waals surface area contributed by atoms with Crippen LogP contribution in [0.25, 0.3) is 0 Å². The zero-order valence-electron chi connectivity index (χ0n) is 13.8. The van der Waals surface area contributed by atoms with E-state index >= 15 is 0 Å². The molecule has 2 aromatic rings. The maximum atomic E-state index is 12.1. The van der Waals surface area contributed by atoms with E-state index < -0.39 is 0 Å². The van der Waals surface area contributed by atoms with E-state index in [9.17, 15) is 4.79 Å². The SMILES string of the molecule is CCC(CO)NC(=O)c1ccc(NCc2csc(C3CC3)n2)cc1. The summed E-state index contributed by atoms with van der Waals surface area (Å²) in [6.45, 7) is 2.58. The smallest absolute Gasteiger partial charge is 0.251 e. The van der Waals surface area contributed by atoms with Crippen LogP contribution in [0.2, 0.25) is 0 Å².